The van der Waals surface area contributed by atoms with E-state index < -0.39 is 0 Å². The zero-order chi connectivity index (χ0) is 13.1. The van der Waals surface area contributed by atoms with E-state index in [4.69, 9.17) is 5.26 Å². The number of nitriles is 1. The lowest BCUT2D eigenvalue weighted by atomic mass is 9.85. The molecule has 0 aromatic heterocycles. The molecule has 92 valence electrons. The molecular formula is C15H22N2. The summed E-state index contributed by atoms with van der Waals surface area (Å²) in [7, 11) is 0. The van der Waals surface area contributed by atoms with Crippen LogP contribution in [-0.4, -0.2) is 6.54 Å². The van der Waals surface area contributed by atoms with Gasteiger partial charge in [0.25, 0.3) is 0 Å². The van der Waals surface area contributed by atoms with E-state index in [0.29, 0.717) is 6.54 Å². The molecule has 0 aliphatic rings. The molecule has 1 rings (SSSR count). The van der Waals surface area contributed by atoms with Crippen molar-refractivity contribution < 1.29 is 0 Å². The van der Waals surface area contributed by atoms with Crippen LogP contribution in [0, 0.1) is 16.7 Å². The Hall–Kier alpha value is -1.49. The van der Waals surface area contributed by atoms with Crippen molar-refractivity contribution in [2.24, 2.45) is 5.41 Å². The lowest BCUT2D eigenvalue weighted by Gasteiger charge is -2.25. The highest BCUT2D eigenvalue weighted by Gasteiger charge is 2.20. The Morgan fingerprint density at radius 2 is 1.71 bits per heavy atom. The van der Waals surface area contributed by atoms with Gasteiger partial charge >= 0.3 is 0 Å². The summed E-state index contributed by atoms with van der Waals surface area (Å²) in [6, 6.07) is 10.6. The fourth-order valence-electron chi connectivity index (χ4n) is 1.65. The molecule has 0 aliphatic carbocycles. The van der Waals surface area contributed by atoms with Crippen LogP contribution in [0.25, 0.3) is 0 Å². The summed E-state index contributed by atoms with van der Waals surface area (Å²) in [5, 5.41) is 12.4. The van der Waals surface area contributed by atoms with Crippen molar-refractivity contribution >= 4 is 5.69 Å². The van der Waals surface area contributed by atoms with E-state index in [1.807, 2.05) is 19.9 Å². The second kappa shape index (κ2) is 4.79. The number of anilines is 1. The number of para-hydroxylation sites is 1. The molecule has 1 N–H and O–H groups in total. The molecule has 1 aromatic carbocycles. The van der Waals surface area contributed by atoms with Crippen LogP contribution in [0.1, 0.15) is 40.2 Å². The van der Waals surface area contributed by atoms with Crippen LogP contribution in [0.3, 0.4) is 0 Å². The smallest absolute Gasteiger partial charge is 0.0702 e. The summed E-state index contributed by atoms with van der Waals surface area (Å²) in [6.45, 7) is 11.1. The summed E-state index contributed by atoms with van der Waals surface area (Å²) < 4.78 is 0. The molecule has 0 fully saturated rings. The maximum atomic E-state index is 9.01. The van der Waals surface area contributed by atoms with Crippen molar-refractivity contribution in [1.82, 2.24) is 0 Å². The second-order valence-corrected chi connectivity index (χ2v) is 6.14. The van der Waals surface area contributed by atoms with Gasteiger partial charge in [-0.25, -0.2) is 0 Å². The lowest BCUT2D eigenvalue weighted by Crippen LogP contribution is -2.23. The maximum Gasteiger partial charge on any atom is 0.0702 e. The van der Waals surface area contributed by atoms with Crippen LogP contribution < -0.4 is 5.32 Å². The molecule has 0 amide bonds. The number of nitrogens with zero attached hydrogens (tertiary/aromatic N) is 1. The molecule has 17 heavy (non-hydrogen) atoms. The first kappa shape index (κ1) is 13.6. The van der Waals surface area contributed by atoms with Gasteiger partial charge in [0, 0.05) is 12.2 Å². The zero-order valence-corrected chi connectivity index (χ0v) is 11.5. The minimum atomic E-state index is -0.342. The van der Waals surface area contributed by atoms with Crippen molar-refractivity contribution in [1.29, 1.82) is 5.26 Å². The van der Waals surface area contributed by atoms with Gasteiger partial charge in [0.1, 0.15) is 0 Å². The average Bonchev–Trinajstić information content (AvgIpc) is 2.26. The largest absolute Gasteiger partial charge is 0.383 e. The third-order valence-electron chi connectivity index (χ3n) is 2.76. The molecule has 0 unspecified atom stereocenters. The summed E-state index contributed by atoms with van der Waals surface area (Å²) in [4.78, 5) is 0. The highest BCUT2D eigenvalue weighted by Crippen LogP contribution is 2.29. The topological polar surface area (TPSA) is 35.8 Å². The van der Waals surface area contributed by atoms with Crippen molar-refractivity contribution in [3.63, 3.8) is 0 Å². The SMILES string of the molecule is CC(C)(C#N)CNc1ccccc1C(C)(C)C. The van der Waals surface area contributed by atoms with Crippen LogP contribution >= 0.6 is 0 Å². The van der Waals surface area contributed by atoms with Gasteiger partial charge < -0.3 is 5.32 Å². The number of rotatable bonds is 3. The monoisotopic (exact) mass is 230 g/mol. The first-order valence-electron chi connectivity index (χ1n) is 6.01. The van der Waals surface area contributed by atoms with Gasteiger partial charge in [0.05, 0.1) is 11.5 Å². The van der Waals surface area contributed by atoms with E-state index in [9.17, 15) is 0 Å². The zero-order valence-electron chi connectivity index (χ0n) is 11.5. The van der Waals surface area contributed by atoms with Gasteiger partial charge in [-0.3, -0.25) is 0 Å². The van der Waals surface area contributed by atoms with E-state index in [0.717, 1.165) is 5.69 Å². The van der Waals surface area contributed by atoms with Gasteiger partial charge in [-0.15, -0.1) is 0 Å². The van der Waals surface area contributed by atoms with Crippen molar-refractivity contribution in [2.75, 3.05) is 11.9 Å². The summed E-state index contributed by atoms with van der Waals surface area (Å²) in [6.07, 6.45) is 0. The summed E-state index contributed by atoms with van der Waals surface area (Å²) in [5.74, 6) is 0. The lowest BCUT2D eigenvalue weighted by molar-refractivity contribution is 0.526. The van der Waals surface area contributed by atoms with E-state index in [1.54, 1.807) is 0 Å². The standard InChI is InChI=1S/C15H22N2/c1-14(2,3)12-8-6-7-9-13(12)17-11-15(4,5)10-16/h6-9,17H,11H2,1-5H3. The maximum absolute atomic E-state index is 9.01. The van der Waals surface area contributed by atoms with Crippen LogP contribution in [0.5, 0.6) is 0 Å². The number of hydrogen-bond donors (Lipinski definition) is 1. The molecule has 0 atom stereocenters. The molecule has 1 aromatic rings. The molecule has 0 spiro atoms. The molecule has 0 saturated carbocycles. The van der Waals surface area contributed by atoms with Gasteiger partial charge in [0.2, 0.25) is 0 Å². The Bertz CT molecular complexity index is 419. The van der Waals surface area contributed by atoms with E-state index in [2.05, 4.69) is 50.4 Å². The molecule has 0 saturated heterocycles. The van der Waals surface area contributed by atoms with Crippen molar-refractivity contribution in [3.8, 4) is 6.07 Å². The highest BCUT2D eigenvalue weighted by molar-refractivity contribution is 5.54. The van der Waals surface area contributed by atoms with Gasteiger partial charge in [-0.1, -0.05) is 39.0 Å². The number of nitrogens with one attached hydrogen (secondary N) is 1. The molecular weight excluding hydrogens is 208 g/mol. The Balaban J connectivity index is 2.90. The quantitative estimate of drug-likeness (QED) is 0.853. The minimum Gasteiger partial charge on any atom is -0.383 e. The molecule has 0 heterocycles. The highest BCUT2D eigenvalue weighted by atomic mass is 14.9. The van der Waals surface area contributed by atoms with E-state index in [1.165, 1.54) is 5.56 Å². The predicted molar refractivity (Wildman–Crippen MR) is 73.0 cm³/mol. The van der Waals surface area contributed by atoms with Gasteiger partial charge in [0.15, 0.2) is 0 Å². The third-order valence-corrected chi connectivity index (χ3v) is 2.76. The fourth-order valence-corrected chi connectivity index (χ4v) is 1.65. The Labute approximate surface area is 105 Å². The number of benzene rings is 1. The molecule has 0 radical (unpaired) electrons. The average molecular weight is 230 g/mol. The predicted octanol–water partition coefficient (Wildman–Crippen LogP) is 3.95. The van der Waals surface area contributed by atoms with Crippen molar-refractivity contribution in [2.45, 2.75) is 40.0 Å². The first-order valence-corrected chi connectivity index (χ1v) is 6.01. The second-order valence-electron chi connectivity index (χ2n) is 6.14. The summed E-state index contributed by atoms with van der Waals surface area (Å²) >= 11 is 0. The molecule has 0 aliphatic heterocycles. The Morgan fingerprint density at radius 1 is 1.12 bits per heavy atom. The van der Waals surface area contributed by atoms with Crippen LogP contribution in [0.15, 0.2) is 24.3 Å². The molecule has 2 nitrogen and oxygen atoms in total. The first-order chi connectivity index (χ1) is 7.76. The van der Waals surface area contributed by atoms with Gasteiger partial charge in [-0.05, 0) is 30.9 Å². The fraction of sp³-hybridized carbons (Fsp3) is 0.533. The van der Waals surface area contributed by atoms with Crippen molar-refractivity contribution in [3.05, 3.63) is 29.8 Å². The molecule has 0 bridgehead atoms. The summed E-state index contributed by atoms with van der Waals surface area (Å²) in [5.41, 5.74) is 2.18. The minimum absolute atomic E-state index is 0.111. The number of hydrogen-bond acceptors (Lipinski definition) is 2. The Morgan fingerprint density at radius 3 is 2.24 bits per heavy atom. The van der Waals surface area contributed by atoms with E-state index >= 15 is 0 Å². The van der Waals surface area contributed by atoms with Crippen LogP contribution in [0.4, 0.5) is 5.69 Å². The van der Waals surface area contributed by atoms with Crippen LogP contribution in [0.2, 0.25) is 0 Å². The normalized spacial score (nSPS) is 12.0. The molecule has 2 heteroatoms. The van der Waals surface area contributed by atoms with E-state index in [-0.39, 0.29) is 10.8 Å². The Kier molecular flexibility index (Phi) is 3.83. The van der Waals surface area contributed by atoms with Gasteiger partial charge in [-0.2, -0.15) is 5.26 Å². The van der Waals surface area contributed by atoms with Crippen LogP contribution in [-0.2, 0) is 5.41 Å². The third kappa shape index (κ3) is 3.78.